The van der Waals surface area contributed by atoms with Gasteiger partial charge in [-0.15, -0.1) is 0 Å². The first-order valence-electron chi connectivity index (χ1n) is 8.65. The monoisotopic (exact) mass is 370 g/mol. The highest BCUT2D eigenvalue weighted by Crippen LogP contribution is 2.38. The van der Waals surface area contributed by atoms with E-state index in [1.54, 1.807) is 12.1 Å². The number of hydrogen-bond donors (Lipinski definition) is 2. The molecule has 6 heteroatoms. The molecule has 1 aliphatic rings. The van der Waals surface area contributed by atoms with Gasteiger partial charge in [0.1, 0.15) is 13.2 Å². The van der Waals surface area contributed by atoms with Crippen molar-refractivity contribution in [3.05, 3.63) is 53.2 Å². The minimum absolute atomic E-state index is 0.0663. The van der Waals surface area contributed by atoms with Gasteiger partial charge >= 0.3 is 0 Å². The number of aryl methyl sites for hydroxylation is 1. The molecule has 0 fully saturated rings. The van der Waals surface area contributed by atoms with Crippen LogP contribution >= 0.6 is 11.6 Å². The topological polar surface area (TPSA) is 63.4 Å². The lowest BCUT2D eigenvalue weighted by Gasteiger charge is -2.20. The number of fused-ring (bicyclic) bond motifs is 2. The fourth-order valence-electron chi connectivity index (χ4n) is 3.15. The number of rotatable bonds is 5. The summed E-state index contributed by atoms with van der Waals surface area (Å²) < 4.78 is 11.0. The standard InChI is InChI=1S/C20H19ClN2O3/c21-15-10-18-19(26-9-8-25-18)11-17(15)23-20(24)7-3-4-13-12-22-16-6-2-1-5-14(13)16/h1-2,5-6,10-12,22H,3-4,7-9H2,(H,23,24). The molecule has 1 aromatic heterocycles. The third kappa shape index (κ3) is 3.48. The Kier molecular flexibility index (Phi) is 4.71. The van der Waals surface area contributed by atoms with Crippen LogP contribution < -0.4 is 14.8 Å². The lowest BCUT2D eigenvalue weighted by molar-refractivity contribution is -0.116. The molecule has 4 rings (SSSR count). The van der Waals surface area contributed by atoms with Gasteiger partial charge in [-0.3, -0.25) is 4.79 Å². The summed E-state index contributed by atoms with van der Waals surface area (Å²) in [5, 5.41) is 4.52. The fourth-order valence-corrected chi connectivity index (χ4v) is 3.35. The molecule has 1 aliphatic heterocycles. The number of para-hydroxylation sites is 1. The minimum Gasteiger partial charge on any atom is -0.486 e. The molecule has 2 aromatic carbocycles. The number of anilines is 1. The highest BCUT2D eigenvalue weighted by atomic mass is 35.5. The van der Waals surface area contributed by atoms with Gasteiger partial charge in [0, 0.05) is 35.7 Å². The summed E-state index contributed by atoms with van der Waals surface area (Å²) in [6.07, 6.45) is 4.03. The number of aromatic amines is 1. The Hall–Kier alpha value is -2.66. The number of H-pyrrole nitrogens is 1. The van der Waals surface area contributed by atoms with Crippen molar-refractivity contribution in [1.82, 2.24) is 4.98 Å². The first-order chi connectivity index (χ1) is 12.7. The minimum atomic E-state index is -0.0663. The van der Waals surface area contributed by atoms with Crippen LogP contribution in [0.2, 0.25) is 5.02 Å². The summed E-state index contributed by atoms with van der Waals surface area (Å²) in [7, 11) is 0. The van der Waals surface area contributed by atoms with Crippen molar-refractivity contribution in [1.29, 1.82) is 0 Å². The average molecular weight is 371 g/mol. The van der Waals surface area contributed by atoms with E-state index in [4.69, 9.17) is 21.1 Å². The Morgan fingerprint density at radius 3 is 2.77 bits per heavy atom. The molecule has 26 heavy (non-hydrogen) atoms. The van der Waals surface area contributed by atoms with Gasteiger partial charge in [0.2, 0.25) is 5.91 Å². The lowest BCUT2D eigenvalue weighted by Crippen LogP contribution is -2.16. The maximum absolute atomic E-state index is 12.3. The Morgan fingerprint density at radius 1 is 1.15 bits per heavy atom. The van der Waals surface area contributed by atoms with Gasteiger partial charge in [-0.25, -0.2) is 0 Å². The quantitative estimate of drug-likeness (QED) is 0.692. The molecular formula is C20H19ClN2O3. The Morgan fingerprint density at radius 2 is 1.92 bits per heavy atom. The van der Waals surface area contributed by atoms with Crippen LogP contribution in [0.3, 0.4) is 0 Å². The second kappa shape index (κ2) is 7.30. The van der Waals surface area contributed by atoms with E-state index in [0.717, 1.165) is 18.4 Å². The van der Waals surface area contributed by atoms with E-state index in [1.165, 1.54) is 10.9 Å². The SMILES string of the molecule is O=C(CCCc1c[nH]c2ccccc12)Nc1cc2c(cc1Cl)OCCO2. The van der Waals surface area contributed by atoms with Gasteiger partial charge in [-0.2, -0.15) is 0 Å². The highest BCUT2D eigenvalue weighted by Gasteiger charge is 2.16. The van der Waals surface area contributed by atoms with Crippen LogP contribution in [0, 0.1) is 0 Å². The average Bonchev–Trinajstić information content (AvgIpc) is 3.06. The van der Waals surface area contributed by atoms with Gasteiger partial charge in [-0.05, 0) is 24.5 Å². The number of aromatic nitrogens is 1. The van der Waals surface area contributed by atoms with Crippen molar-refractivity contribution in [2.45, 2.75) is 19.3 Å². The number of nitrogens with one attached hydrogen (secondary N) is 2. The summed E-state index contributed by atoms with van der Waals surface area (Å²) >= 11 is 6.23. The number of benzene rings is 2. The Labute approximate surface area is 156 Å². The number of carbonyl (C=O) groups is 1. The summed E-state index contributed by atoms with van der Waals surface area (Å²) in [6.45, 7) is 0.996. The summed E-state index contributed by atoms with van der Waals surface area (Å²) in [4.78, 5) is 15.5. The molecule has 0 aliphatic carbocycles. The van der Waals surface area contributed by atoms with E-state index in [2.05, 4.69) is 22.4 Å². The van der Waals surface area contributed by atoms with Crippen LogP contribution in [0.4, 0.5) is 5.69 Å². The molecular weight excluding hydrogens is 352 g/mol. The van der Waals surface area contributed by atoms with Gasteiger partial charge in [0.05, 0.1) is 10.7 Å². The predicted octanol–water partition coefficient (Wildman–Crippen LogP) is 4.55. The van der Waals surface area contributed by atoms with Crippen LogP contribution in [-0.2, 0) is 11.2 Å². The second-order valence-electron chi connectivity index (χ2n) is 6.24. The Balaban J connectivity index is 1.36. The summed E-state index contributed by atoms with van der Waals surface area (Å²) in [5.41, 5.74) is 2.90. The van der Waals surface area contributed by atoms with Crippen molar-refractivity contribution in [2.24, 2.45) is 0 Å². The van der Waals surface area contributed by atoms with Crippen molar-refractivity contribution >= 4 is 34.1 Å². The van der Waals surface area contributed by atoms with Crippen molar-refractivity contribution in [3.63, 3.8) is 0 Å². The van der Waals surface area contributed by atoms with E-state index in [0.29, 0.717) is 41.8 Å². The predicted molar refractivity (Wildman–Crippen MR) is 102 cm³/mol. The van der Waals surface area contributed by atoms with E-state index in [-0.39, 0.29) is 5.91 Å². The summed E-state index contributed by atoms with van der Waals surface area (Å²) in [6, 6.07) is 11.6. The largest absolute Gasteiger partial charge is 0.486 e. The van der Waals surface area contributed by atoms with Crippen molar-refractivity contribution in [3.8, 4) is 11.5 Å². The van der Waals surface area contributed by atoms with Crippen molar-refractivity contribution in [2.75, 3.05) is 18.5 Å². The third-order valence-electron chi connectivity index (χ3n) is 4.43. The lowest BCUT2D eigenvalue weighted by atomic mass is 10.1. The number of amides is 1. The van der Waals surface area contributed by atoms with Gasteiger partial charge < -0.3 is 19.8 Å². The Bertz CT molecular complexity index is 951. The van der Waals surface area contributed by atoms with Gasteiger partial charge in [-0.1, -0.05) is 29.8 Å². The van der Waals surface area contributed by atoms with Crippen LogP contribution in [0.1, 0.15) is 18.4 Å². The summed E-state index contributed by atoms with van der Waals surface area (Å²) in [5.74, 6) is 1.15. The molecule has 0 spiro atoms. The molecule has 3 aromatic rings. The molecule has 0 atom stereocenters. The zero-order valence-corrected chi connectivity index (χ0v) is 14.9. The molecule has 2 heterocycles. The van der Waals surface area contributed by atoms with E-state index < -0.39 is 0 Å². The molecule has 0 bridgehead atoms. The number of carbonyl (C=O) groups excluding carboxylic acids is 1. The van der Waals surface area contributed by atoms with E-state index in [9.17, 15) is 4.79 Å². The third-order valence-corrected chi connectivity index (χ3v) is 4.74. The fraction of sp³-hybridized carbons (Fsp3) is 0.250. The first-order valence-corrected chi connectivity index (χ1v) is 9.02. The van der Waals surface area contributed by atoms with Crippen LogP contribution in [0.5, 0.6) is 11.5 Å². The molecule has 5 nitrogen and oxygen atoms in total. The molecule has 0 radical (unpaired) electrons. The van der Waals surface area contributed by atoms with E-state index in [1.807, 2.05) is 18.3 Å². The number of hydrogen-bond acceptors (Lipinski definition) is 3. The second-order valence-corrected chi connectivity index (χ2v) is 6.64. The number of ether oxygens (including phenoxy) is 2. The highest BCUT2D eigenvalue weighted by molar-refractivity contribution is 6.34. The molecule has 1 amide bonds. The maximum Gasteiger partial charge on any atom is 0.224 e. The number of halogens is 1. The molecule has 0 saturated carbocycles. The molecule has 0 unspecified atom stereocenters. The van der Waals surface area contributed by atoms with Crippen molar-refractivity contribution < 1.29 is 14.3 Å². The normalized spacial score (nSPS) is 13.0. The zero-order chi connectivity index (χ0) is 17.9. The molecule has 2 N–H and O–H groups in total. The van der Waals surface area contributed by atoms with Crippen LogP contribution in [-0.4, -0.2) is 24.1 Å². The zero-order valence-electron chi connectivity index (χ0n) is 14.2. The van der Waals surface area contributed by atoms with Gasteiger partial charge in [0.15, 0.2) is 11.5 Å². The smallest absolute Gasteiger partial charge is 0.224 e. The van der Waals surface area contributed by atoms with E-state index >= 15 is 0 Å². The maximum atomic E-state index is 12.3. The molecule has 0 saturated heterocycles. The first kappa shape index (κ1) is 16.8. The van der Waals surface area contributed by atoms with Crippen LogP contribution in [0.15, 0.2) is 42.6 Å². The molecule has 134 valence electrons. The van der Waals surface area contributed by atoms with Crippen LogP contribution in [0.25, 0.3) is 10.9 Å². The van der Waals surface area contributed by atoms with Gasteiger partial charge in [0.25, 0.3) is 0 Å².